The van der Waals surface area contributed by atoms with Crippen LogP contribution in [0.3, 0.4) is 0 Å². The summed E-state index contributed by atoms with van der Waals surface area (Å²) in [6.07, 6.45) is -6.40. The molecule has 1 aliphatic heterocycles. The molecule has 0 saturated carbocycles. The molecule has 1 saturated heterocycles. The minimum absolute atomic E-state index is 0.0440. The van der Waals surface area contributed by atoms with Gasteiger partial charge in [0.2, 0.25) is 0 Å². The summed E-state index contributed by atoms with van der Waals surface area (Å²) in [4.78, 5) is 22.4. The van der Waals surface area contributed by atoms with Gasteiger partial charge in [-0.25, -0.2) is 0 Å². The molecule has 25 heavy (non-hydrogen) atoms. The predicted octanol–water partition coefficient (Wildman–Crippen LogP) is 0.145. The minimum Gasteiger partial charge on any atom is -0.455 e. The maximum Gasteiger partial charge on any atom is 0.303 e. The van der Waals surface area contributed by atoms with Crippen LogP contribution in [0, 0.1) is 0 Å². The zero-order valence-electron chi connectivity index (χ0n) is 14.0. The molecule has 1 heterocycles. The van der Waals surface area contributed by atoms with E-state index in [9.17, 15) is 19.8 Å². The summed E-state index contributed by atoms with van der Waals surface area (Å²) in [6.45, 7) is 2.53. The minimum atomic E-state index is -1.55. The van der Waals surface area contributed by atoms with Crippen molar-refractivity contribution in [1.82, 2.24) is 0 Å². The van der Waals surface area contributed by atoms with Crippen molar-refractivity contribution in [2.24, 2.45) is 0 Å². The van der Waals surface area contributed by atoms with Crippen molar-refractivity contribution in [3.05, 3.63) is 35.9 Å². The Labute approximate surface area is 145 Å². The largest absolute Gasteiger partial charge is 0.455 e. The SMILES string of the molecule is CC(=O)OC1C(O)OC(COCc2ccccc2)C(O)C1OC(C)=O. The van der Waals surface area contributed by atoms with E-state index >= 15 is 0 Å². The van der Waals surface area contributed by atoms with Crippen LogP contribution in [0.15, 0.2) is 30.3 Å². The van der Waals surface area contributed by atoms with E-state index in [0.717, 1.165) is 19.4 Å². The molecule has 0 aromatic heterocycles. The molecule has 8 nitrogen and oxygen atoms in total. The van der Waals surface area contributed by atoms with Crippen molar-refractivity contribution in [1.29, 1.82) is 0 Å². The number of aliphatic hydroxyl groups excluding tert-OH is 2. The number of hydrogen-bond donors (Lipinski definition) is 2. The highest BCUT2D eigenvalue weighted by Gasteiger charge is 2.48. The molecule has 1 aliphatic rings. The van der Waals surface area contributed by atoms with Crippen LogP contribution >= 0.6 is 0 Å². The highest BCUT2D eigenvalue weighted by Crippen LogP contribution is 2.25. The number of ether oxygens (including phenoxy) is 4. The molecule has 0 bridgehead atoms. The van der Waals surface area contributed by atoms with E-state index in [0.29, 0.717) is 0 Å². The number of benzene rings is 1. The smallest absolute Gasteiger partial charge is 0.303 e. The van der Waals surface area contributed by atoms with Crippen molar-refractivity contribution >= 4 is 11.9 Å². The molecule has 5 atom stereocenters. The molecule has 138 valence electrons. The van der Waals surface area contributed by atoms with Gasteiger partial charge in [0.15, 0.2) is 18.5 Å². The van der Waals surface area contributed by atoms with E-state index in [4.69, 9.17) is 18.9 Å². The maximum absolute atomic E-state index is 11.3. The van der Waals surface area contributed by atoms with Gasteiger partial charge in [-0.2, -0.15) is 0 Å². The first-order valence-electron chi connectivity index (χ1n) is 7.86. The van der Waals surface area contributed by atoms with E-state index in [-0.39, 0.29) is 13.2 Å². The number of carbonyl (C=O) groups is 2. The number of carbonyl (C=O) groups excluding carboxylic acids is 2. The Morgan fingerprint density at radius 3 is 2.24 bits per heavy atom. The Kier molecular flexibility index (Phi) is 6.89. The van der Waals surface area contributed by atoms with Crippen molar-refractivity contribution in [3.63, 3.8) is 0 Å². The Morgan fingerprint density at radius 1 is 1.04 bits per heavy atom. The highest BCUT2D eigenvalue weighted by molar-refractivity contribution is 5.67. The molecule has 0 aliphatic carbocycles. The molecule has 1 aromatic rings. The summed E-state index contributed by atoms with van der Waals surface area (Å²) in [7, 11) is 0. The standard InChI is InChI=1S/C17H22O8/c1-10(18)23-15-14(20)13(25-17(21)16(15)24-11(2)19)9-22-8-12-6-4-3-5-7-12/h3-7,13-17,20-21H,8-9H2,1-2H3. The Bertz CT molecular complexity index is 575. The lowest BCUT2D eigenvalue weighted by atomic mass is 9.98. The van der Waals surface area contributed by atoms with Crippen LogP contribution in [0.5, 0.6) is 0 Å². The number of esters is 2. The fraction of sp³-hybridized carbons (Fsp3) is 0.529. The third-order valence-electron chi connectivity index (χ3n) is 3.63. The fourth-order valence-electron chi connectivity index (χ4n) is 2.56. The van der Waals surface area contributed by atoms with Gasteiger partial charge in [0.1, 0.15) is 12.2 Å². The average molecular weight is 354 g/mol. The average Bonchev–Trinajstić information content (AvgIpc) is 2.55. The third-order valence-corrected chi connectivity index (χ3v) is 3.63. The zero-order valence-corrected chi connectivity index (χ0v) is 14.0. The lowest BCUT2D eigenvalue weighted by Crippen LogP contribution is -2.61. The first-order chi connectivity index (χ1) is 11.9. The van der Waals surface area contributed by atoms with E-state index in [1.807, 2.05) is 30.3 Å². The van der Waals surface area contributed by atoms with Gasteiger partial charge in [-0.05, 0) is 5.56 Å². The molecule has 0 radical (unpaired) electrons. The normalized spacial score (nSPS) is 29.0. The second-order valence-corrected chi connectivity index (χ2v) is 5.70. The summed E-state index contributed by atoms with van der Waals surface area (Å²) in [5, 5.41) is 20.4. The molecule has 2 N–H and O–H groups in total. The molecule has 2 rings (SSSR count). The number of rotatable bonds is 6. The lowest BCUT2D eigenvalue weighted by molar-refractivity contribution is -0.295. The van der Waals surface area contributed by atoms with Crippen LogP contribution in [0.2, 0.25) is 0 Å². The zero-order chi connectivity index (χ0) is 18.4. The first-order valence-corrected chi connectivity index (χ1v) is 7.86. The molecule has 8 heteroatoms. The quantitative estimate of drug-likeness (QED) is 0.694. The second-order valence-electron chi connectivity index (χ2n) is 5.70. The molecule has 5 unspecified atom stereocenters. The monoisotopic (exact) mass is 354 g/mol. The van der Waals surface area contributed by atoms with Crippen molar-refractivity contribution in [2.75, 3.05) is 6.61 Å². The summed E-state index contributed by atoms with van der Waals surface area (Å²) in [6, 6.07) is 9.38. The number of hydrogen-bond acceptors (Lipinski definition) is 8. The van der Waals surface area contributed by atoms with Crippen LogP contribution < -0.4 is 0 Å². The molecule has 0 amide bonds. The molecular weight excluding hydrogens is 332 g/mol. The fourth-order valence-corrected chi connectivity index (χ4v) is 2.56. The van der Waals surface area contributed by atoms with Crippen LogP contribution in [0.25, 0.3) is 0 Å². The van der Waals surface area contributed by atoms with Gasteiger partial charge in [-0.15, -0.1) is 0 Å². The topological polar surface area (TPSA) is 112 Å². The predicted molar refractivity (Wildman–Crippen MR) is 84.1 cm³/mol. The van der Waals surface area contributed by atoms with Crippen LogP contribution in [-0.2, 0) is 35.1 Å². The van der Waals surface area contributed by atoms with Gasteiger partial charge in [0.25, 0.3) is 0 Å². The number of aliphatic hydroxyl groups is 2. The Balaban J connectivity index is 1.99. The van der Waals surface area contributed by atoms with Crippen molar-refractivity contribution < 1.29 is 38.7 Å². The Morgan fingerprint density at radius 2 is 1.64 bits per heavy atom. The van der Waals surface area contributed by atoms with E-state index < -0.39 is 42.6 Å². The van der Waals surface area contributed by atoms with Gasteiger partial charge < -0.3 is 29.2 Å². The van der Waals surface area contributed by atoms with Crippen molar-refractivity contribution in [3.8, 4) is 0 Å². The van der Waals surface area contributed by atoms with E-state index in [1.54, 1.807) is 0 Å². The lowest BCUT2D eigenvalue weighted by Gasteiger charge is -2.41. The van der Waals surface area contributed by atoms with Gasteiger partial charge in [0.05, 0.1) is 13.2 Å². The summed E-state index contributed by atoms with van der Waals surface area (Å²) in [5.74, 6) is -1.38. The summed E-state index contributed by atoms with van der Waals surface area (Å²) in [5.41, 5.74) is 0.933. The molecular formula is C17H22O8. The summed E-state index contributed by atoms with van der Waals surface area (Å²) < 4.78 is 20.7. The van der Waals surface area contributed by atoms with Crippen LogP contribution in [-0.4, -0.2) is 59.5 Å². The third kappa shape index (κ3) is 5.50. The molecule has 1 aromatic carbocycles. The maximum atomic E-state index is 11.3. The molecule has 1 fully saturated rings. The van der Waals surface area contributed by atoms with Gasteiger partial charge >= 0.3 is 11.9 Å². The van der Waals surface area contributed by atoms with Gasteiger partial charge in [-0.3, -0.25) is 9.59 Å². The van der Waals surface area contributed by atoms with Crippen LogP contribution in [0.4, 0.5) is 0 Å². The molecule has 0 spiro atoms. The van der Waals surface area contributed by atoms with E-state index in [2.05, 4.69) is 0 Å². The second kappa shape index (κ2) is 8.91. The van der Waals surface area contributed by atoms with Gasteiger partial charge in [0, 0.05) is 13.8 Å². The Hall–Kier alpha value is -2.00. The highest BCUT2D eigenvalue weighted by atomic mass is 16.7. The van der Waals surface area contributed by atoms with Gasteiger partial charge in [-0.1, -0.05) is 30.3 Å². The van der Waals surface area contributed by atoms with Crippen LogP contribution in [0.1, 0.15) is 19.4 Å². The van der Waals surface area contributed by atoms with Crippen molar-refractivity contribution in [2.45, 2.75) is 51.2 Å². The summed E-state index contributed by atoms with van der Waals surface area (Å²) >= 11 is 0. The first kappa shape index (κ1) is 19.3. The van der Waals surface area contributed by atoms with E-state index in [1.165, 1.54) is 0 Å².